The number of phenolic OH excluding ortho intramolecular Hbond substituents is 2. The third-order valence-electron chi connectivity index (χ3n) is 3.60. The van der Waals surface area contributed by atoms with E-state index < -0.39 is 0 Å². The zero-order valence-electron chi connectivity index (χ0n) is 10.6. The molecule has 0 spiro atoms. The van der Waals surface area contributed by atoms with Gasteiger partial charge in [0.15, 0.2) is 5.78 Å². The van der Waals surface area contributed by atoms with Gasteiger partial charge in [-0.1, -0.05) is 6.92 Å². The number of carbonyl (C=O) groups is 1. The van der Waals surface area contributed by atoms with Crippen molar-refractivity contribution in [3.05, 3.63) is 23.8 Å². The fourth-order valence-electron chi connectivity index (χ4n) is 2.59. The van der Waals surface area contributed by atoms with Crippen LogP contribution in [-0.2, 0) is 0 Å². The lowest BCUT2D eigenvalue weighted by Crippen LogP contribution is -2.33. The van der Waals surface area contributed by atoms with Crippen molar-refractivity contribution in [2.24, 2.45) is 0 Å². The molecule has 0 aliphatic carbocycles. The van der Waals surface area contributed by atoms with Gasteiger partial charge in [-0.3, -0.25) is 9.69 Å². The first-order valence-corrected chi connectivity index (χ1v) is 6.41. The summed E-state index contributed by atoms with van der Waals surface area (Å²) in [7, 11) is 0. The average Bonchev–Trinajstić information content (AvgIpc) is 2.76. The second-order valence-corrected chi connectivity index (χ2v) is 4.80. The highest BCUT2D eigenvalue weighted by molar-refractivity contribution is 6.00. The Bertz CT molecular complexity index is 445. The first-order chi connectivity index (χ1) is 8.61. The summed E-state index contributed by atoms with van der Waals surface area (Å²) in [5.74, 6) is -0.267. The minimum absolute atomic E-state index is 0.0309. The fourth-order valence-corrected chi connectivity index (χ4v) is 2.59. The van der Waals surface area contributed by atoms with Gasteiger partial charge in [-0.15, -0.1) is 0 Å². The van der Waals surface area contributed by atoms with Crippen molar-refractivity contribution in [1.29, 1.82) is 0 Å². The van der Waals surface area contributed by atoms with Crippen LogP contribution in [0.25, 0.3) is 0 Å². The molecule has 1 atom stereocenters. The highest BCUT2D eigenvalue weighted by Crippen LogP contribution is 2.25. The van der Waals surface area contributed by atoms with Crippen LogP contribution in [0.3, 0.4) is 0 Å². The number of ketones is 1. The molecule has 1 heterocycles. The van der Waals surface area contributed by atoms with E-state index in [0.29, 0.717) is 12.6 Å². The molecule has 0 aromatic heterocycles. The summed E-state index contributed by atoms with van der Waals surface area (Å²) in [5, 5.41) is 18.9. The van der Waals surface area contributed by atoms with Gasteiger partial charge in [0.2, 0.25) is 0 Å². The SMILES string of the molecule is CCC1CCCN1CC(=O)c1ccc(O)cc1O. The molecule has 4 nitrogen and oxygen atoms in total. The van der Waals surface area contributed by atoms with Gasteiger partial charge >= 0.3 is 0 Å². The number of hydrogen-bond donors (Lipinski definition) is 2. The van der Waals surface area contributed by atoms with E-state index in [1.165, 1.54) is 18.2 Å². The number of likely N-dealkylation sites (tertiary alicyclic amines) is 1. The monoisotopic (exact) mass is 249 g/mol. The number of aromatic hydroxyl groups is 2. The first kappa shape index (κ1) is 12.9. The van der Waals surface area contributed by atoms with Crippen LogP contribution in [-0.4, -0.2) is 40.0 Å². The van der Waals surface area contributed by atoms with E-state index in [1.807, 2.05) is 0 Å². The van der Waals surface area contributed by atoms with Crippen molar-refractivity contribution in [1.82, 2.24) is 4.90 Å². The van der Waals surface area contributed by atoms with Crippen LogP contribution in [0.2, 0.25) is 0 Å². The van der Waals surface area contributed by atoms with Crippen molar-refractivity contribution in [3.63, 3.8) is 0 Å². The minimum Gasteiger partial charge on any atom is -0.508 e. The van der Waals surface area contributed by atoms with Crippen molar-refractivity contribution < 1.29 is 15.0 Å². The average molecular weight is 249 g/mol. The number of phenols is 2. The van der Waals surface area contributed by atoms with Crippen LogP contribution < -0.4 is 0 Å². The van der Waals surface area contributed by atoms with Crippen molar-refractivity contribution in [3.8, 4) is 11.5 Å². The molecule has 98 valence electrons. The summed E-state index contributed by atoms with van der Waals surface area (Å²) >= 11 is 0. The Morgan fingerprint density at radius 2 is 2.22 bits per heavy atom. The van der Waals surface area contributed by atoms with E-state index in [-0.39, 0.29) is 22.8 Å². The molecule has 1 aliphatic rings. The topological polar surface area (TPSA) is 60.8 Å². The maximum absolute atomic E-state index is 12.1. The second-order valence-electron chi connectivity index (χ2n) is 4.80. The zero-order valence-corrected chi connectivity index (χ0v) is 10.6. The fraction of sp³-hybridized carbons (Fsp3) is 0.500. The molecule has 1 fully saturated rings. The van der Waals surface area contributed by atoms with Crippen LogP contribution in [0.4, 0.5) is 0 Å². The Kier molecular flexibility index (Phi) is 3.87. The van der Waals surface area contributed by atoms with E-state index >= 15 is 0 Å². The van der Waals surface area contributed by atoms with E-state index in [4.69, 9.17) is 0 Å². The predicted molar refractivity (Wildman–Crippen MR) is 69.0 cm³/mol. The molecule has 0 radical (unpaired) electrons. The third kappa shape index (κ3) is 2.64. The molecule has 1 unspecified atom stereocenters. The molecule has 18 heavy (non-hydrogen) atoms. The van der Waals surface area contributed by atoms with Gasteiger partial charge in [0, 0.05) is 12.1 Å². The lowest BCUT2D eigenvalue weighted by molar-refractivity contribution is 0.0917. The Morgan fingerprint density at radius 1 is 1.44 bits per heavy atom. The molecule has 1 aromatic rings. The normalized spacial score (nSPS) is 20.2. The van der Waals surface area contributed by atoms with E-state index in [0.717, 1.165) is 25.8 Å². The van der Waals surface area contributed by atoms with Gasteiger partial charge in [0.25, 0.3) is 0 Å². The number of hydrogen-bond acceptors (Lipinski definition) is 4. The highest BCUT2D eigenvalue weighted by atomic mass is 16.3. The Labute approximate surface area is 107 Å². The van der Waals surface area contributed by atoms with Crippen molar-refractivity contribution >= 4 is 5.78 Å². The summed E-state index contributed by atoms with van der Waals surface area (Å²) in [6.45, 7) is 3.42. The number of carbonyl (C=O) groups excluding carboxylic acids is 1. The standard InChI is InChI=1S/C14H19NO3/c1-2-10-4-3-7-15(10)9-14(18)12-6-5-11(16)8-13(12)17/h5-6,8,10,16-17H,2-4,7,9H2,1H3. The van der Waals surface area contributed by atoms with E-state index in [1.54, 1.807) is 0 Å². The molecule has 2 rings (SSSR count). The quantitative estimate of drug-likeness (QED) is 0.803. The van der Waals surface area contributed by atoms with Crippen LogP contribution in [0.15, 0.2) is 18.2 Å². The molecule has 0 amide bonds. The van der Waals surface area contributed by atoms with Gasteiger partial charge < -0.3 is 10.2 Å². The van der Waals surface area contributed by atoms with Crippen LogP contribution in [0.1, 0.15) is 36.5 Å². The van der Waals surface area contributed by atoms with E-state index in [2.05, 4.69) is 11.8 Å². The molecule has 0 bridgehead atoms. The lowest BCUT2D eigenvalue weighted by atomic mass is 10.1. The largest absolute Gasteiger partial charge is 0.508 e. The molecule has 1 aromatic carbocycles. The van der Waals surface area contributed by atoms with Crippen LogP contribution >= 0.6 is 0 Å². The zero-order chi connectivity index (χ0) is 13.1. The molecular formula is C14H19NO3. The van der Waals surface area contributed by atoms with Gasteiger partial charge in [-0.05, 0) is 37.9 Å². The number of benzene rings is 1. The van der Waals surface area contributed by atoms with Crippen LogP contribution in [0, 0.1) is 0 Å². The second kappa shape index (κ2) is 5.40. The third-order valence-corrected chi connectivity index (χ3v) is 3.60. The summed E-state index contributed by atoms with van der Waals surface area (Å²) in [6.07, 6.45) is 3.33. The summed E-state index contributed by atoms with van der Waals surface area (Å²) < 4.78 is 0. The molecule has 1 saturated heterocycles. The minimum atomic E-state index is -0.146. The van der Waals surface area contributed by atoms with Gasteiger partial charge in [-0.2, -0.15) is 0 Å². The predicted octanol–water partition coefficient (Wildman–Crippen LogP) is 2.15. The van der Waals surface area contributed by atoms with Crippen LogP contribution in [0.5, 0.6) is 11.5 Å². The number of nitrogens with zero attached hydrogens (tertiary/aromatic N) is 1. The van der Waals surface area contributed by atoms with Crippen molar-refractivity contribution in [2.75, 3.05) is 13.1 Å². The van der Waals surface area contributed by atoms with Crippen molar-refractivity contribution in [2.45, 2.75) is 32.2 Å². The Hall–Kier alpha value is -1.55. The molecular weight excluding hydrogens is 230 g/mol. The van der Waals surface area contributed by atoms with Gasteiger partial charge in [0.1, 0.15) is 11.5 Å². The van der Waals surface area contributed by atoms with Gasteiger partial charge in [-0.25, -0.2) is 0 Å². The number of rotatable bonds is 4. The maximum Gasteiger partial charge on any atom is 0.180 e. The van der Waals surface area contributed by atoms with Gasteiger partial charge in [0.05, 0.1) is 12.1 Å². The Balaban J connectivity index is 2.07. The molecule has 4 heteroatoms. The molecule has 2 N–H and O–H groups in total. The lowest BCUT2D eigenvalue weighted by Gasteiger charge is -2.22. The smallest absolute Gasteiger partial charge is 0.180 e. The maximum atomic E-state index is 12.1. The number of Topliss-reactive ketones (excluding diaryl/α,β-unsaturated/α-hetero) is 1. The Morgan fingerprint density at radius 3 is 2.89 bits per heavy atom. The highest BCUT2D eigenvalue weighted by Gasteiger charge is 2.25. The first-order valence-electron chi connectivity index (χ1n) is 6.41. The molecule has 1 aliphatic heterocycles. The summed E-state index contributed by atoms with van der Waals surface area (Å²) in [6, 6.07) is 4.58. The summed E-state index contributed by atoms with van der Waals surface area (Å²) in [4.78, 5) is 14.3. The summed E-state index contributed by atoms with van der Waals surface area (Å²) in [5.41, 5.74) is 0.287. The molecule has 0 saturated carbocycles. The van der Waals surface area contributed by atoms with E-state index in [9.17, 15) is 15.0 Å².